The standard InChI is InChI=1S/C32H33F3N8O2S.C31H34FN9O4S2.C27H32F3N9O2S/c1-20(21-4-5-21)26-15-22-16-38-31(39-23-6-8-24(9-7-23)42-14-13-41-12-2-3-25(41)17-42)40-28(22)43(30(26)44)18-27-29(37-11-10-36-27)46(45)19-32(33,34)35;1-17(2)27(42)22-10-20-12-34-30(36-21-6-7-25(23(32)11-21)40-13-18(3)35-19(4)14-40)37-28(20)41(29(22)43)15-24-26(16-39(5)38-24)47(44,45)31-33-8-9-46-31;1-4-16(5-2)19-12-17-14-32-26(34-23(17)39(25(19)40)15-21-24(42(3)41)36-37-35-21)33-18-6-7-22(20(13-18)27(28,29)30)38-10-8-31-9-11-38/h6-11,15-16,21,25H,1-5,12-14,17-19H2,(H,38,39,40);6-12,16-19,35H,13-15H2,1-5H3,(H,34,36,37);6-7,12-14,16,31H,4-5,8-11,15H2,1-3H3,(H,32,33,34)(H,35,36,37). The number of nitrogens with zero attached hydrogens (tertiary/aromatic N) is 20. The quantitative estimate of drug-likeness (QED) is 0.0206. The Kier molecular flexibility index (Phi) is 28.4. The number of piperazine rings is 3. The van der Waals surface area contributed by atoms with Gasteiger partial charge in [0.15, 0.2) is 15.8 Å². The summed E-state index contributed by atoms with van der Waals surface area (Å²) < 4.78 is 154. The molecule has 10 aromatic heterocycles. The molecule has 1 saturated carbocycles. The fourth-order valence-electron chi connectivity index (χ4n) is 17.4. The Balaban J connectivity index is 0.000000147. The smallest absolute Gasteiger partial charge is 0.369 e. The fraction of sp³-hybridized carbons (Fsp3) is 0.400. The average molecular weight is 1930 g/mol. The summed E-state index contributed by atoms with van der Waals surface area (Å²) in [6.07, 6.45) is 7.89. The van der Waals surface area contributed by atoms with Crippen LogP contribution in [0.25, 0.3) is 38.7 Å². The molecule has 0 spiro atoms. The fourth-order valence-corrected chi connectivity index (χ4v) is 21.4. The van der Waals surface area contributed by atoms with Crippen molar-refractivity contribution in [1.82, 2.24) is 99.3 Å². The number of alkyl halides is 6. The van der Waals surface area contributed by atoms with Gasteiger partial charge in [0.05, 0.1) is 63.7 Å². The molecule has 45 heteroatoms. The summed E-state index contributed by atoms with van der Waals surface area (Å²) in [5.41, 5.74) is 3.59. The summed E-state index contributed by atoms with van der Waals surface area (Å²) in [5.74, 6) is -2.31. The number of hydrogen-bond donors (Lipinski definition) is 6. The minimum absolute atomic E-state index is 0.00183. The molecule has 0 radical (unpaired) electrons. The van der Waals surface area contributed by atoms with E-state index >= 15 is 4.39 Å². The molecular weight excluding hydrogens is 1830 g/mol. The Bertz CT molecular complexity index is 6970. The van der Waals surface area contributed by atoms with Crippen molar-refractivity contribution < 1.29 is 52.4 Å². The molecule has 4 saturated heterocycles. The van der Waals surface area contributed by atoms with E-state index in [4.69, 9.17) is 0 Å². The molecule has 4 aliphatic heterocycles. The predicted molar refractivity (Wildman–Crippen MR) is 502 cm³/mol. The highest BCUT2D eigenvalue weighted by molar-refractivity contribution is 7.93. The van der Waals surface area contributed by atoms with Crippen molar-refractivity contribution in [3.8, 4) is 0 Å². The zero-order valence-electron chi connectivity index (χ0n) is 74.9. The number of pyridine rings is 3. The Morgan fingerprint density at radius 3 is 1.80 bits per heavy atom. The van der Waals surface area contributed by atoms with Gasteiger partial charge < -0.3 is 41.3 Å². The Labute approximate surface area is 779 Å². The Morgan fingerprint density at radius 1 is 0.630 bits per heavy atom. The number of nitrogens with one attached hydrogen (secondary N) is 6. The van der Waals surface area contributed by atoms with Crippen LogP contribution in [0.15, 0.2) is 168 Å². The number of aryl methyl sites for hydroxylation is 1. The van der Waals surface area contributed by atoms with Gasteiger partial charge in [0.1, 0.15) is 44.8 Å². The summed E-state index contributed by atoms with van der Waals surface area (Å²) in [4.78, 5) is 102. The van der Waals surface area contributed by atoms with Crippen LogP contribution < -0.4 is 58.0 Å². The maximum absolute atomic E-state index is 15.3. The largest absolute Gasteiger partial charge is 0.418 e. The van der Waals surface area contributed by atoms with E-state index in [1.54, 1.807) is 67.7 Å². The van der Waals surface area contributed by atoms with E-state index in [9.17, 15) is 62.4 Å². The number of allylic oxidation sites excluding steroid dienone is 1. The van der Waals surface area contributed by atoms with Gasteiger partial charge in [-0.1, -0.05) is 34.3 Å². The third-order valence-electron chi connectivity index (χ3n) is 24.2. The van der Waals surface area contributed by atoms with Crippen molar-refractivity contribution in [3.63, 3.8) is 0 Å². The summed E-state index contributed by atoms with van der Waals surface area (Å²) in [6, 6.07) is 22.8. The molecule has 5 aliphatic rings. The molecule has 5 atom stereocenters. The Hall–Kier alpha value is -12.6. The minimum atomic E-state index is -4.66. The molecule has 6 N–H and O–H groups in total. The molecule has 18 rings (SSSR count). The molecule has 5 unspecified atom stereocenters. The number of anilines is 9. The number of benzene rings is 3. The van der Waals surface area contributed by atoms with Gasteiger partial charge in [-0.2, -0.15) is 56.7 Å². The van der Waals surface area contributed by atoms with E-state index in [-0.39, 0.29) is 137 Å². The number of Topliss-reactive ketones (excluding diaryl/α,β-unsaturated/α-hetero) is 1. The first-order valence-corrected chi connectivity index (χ1v) is 49.3. The molecule has 135 heavy (non-hydrogen) atoms. The van der Waals surface area contributed by atoms with Gasteiger partial charge in [0.25, 0.3) is 16.7 Å². The maximum atomic E-state index is 15.3. The molecule has 710 valence electrons. The number of carbonyl (C=O) groups is 1. The lowest BCUT2D eigenvalue weighted by Crippen LogP contribution is -2.54. The van der Waals surface area contributed by atoms with E-state index in [1.807, 2.05) is 30.9 Å². The Morgan fingerprint density at radius 2 is 1.21 bits per heavy atom. The van der Waals surface area contributed by atoms with E-state index in [1.165, 1.54) is 99.4 Å². The zero-order chi connectivity index (χ0) is 95.6. The first-order valence-electron chi connectivity index (χ1n) is 44.0. The van der Waals surface area contributed by atoms with E-state index < -0.39 is 78.0 Å². The normalized spacial score (nSPS) is 17.2. The number of hydrogen-bond acceptors (Lipinski definition) is 30. The van der Waals surface area contributed by atoms with Crippen molar-refractivity contribution >= 4 is 139 Å². The molecule has 14 heterocycles. The second kappa shape index (κ2) is 40.2. The molecule has 1 aliphatic carbocycles. The van der Waals surface area contributed by atoms with Crippen LogP contribution in [0, 0.1) is 17.7 Å². The third kappa shape index (κ3) is 21.6. The van der Waals surface area contributed by atoms with Crippen LogP contribution >= 0.6 is 11.3 Å². The van der Waals surface area contributed by atoms with E-state index in [0.717, 1.165) is 74.1 Å². The SMILES string of the molecule is C=C(c1cc2cnc(Nc3ccc(N4CCN5CCCC5C4)cc3)nc2n(Cc2nccnc2S(=O)CC(F)(F)F)c1=O)C1CC1.CC1CN(c2ccc(Nc3ncc4cc(C(=O)C(C)C)c(=O)n(Cc5nn(C)cc5S(=O)(=O)c5nccs5)c4n3)cc2F)CC(C)N1.CCC(CC)c1cc2cnc(Nc3ccc(N4CCNCC4)c(C(F)(F)F)c3)nc2n(Cc2n[nH]nc2S(C)=O)c1=O. The first kappa shape index (κ1) is 95.6. The monoisotopic (exact) mass is 1930 g/mol. The van der Waals surface area contributed by atoms with Gasteiger partial charge in [0, 0.05) is 201 Å². The lowest BCUT2D eigenvalue weighted by molar-refractivity contribution is -0.137. The van der Waals surface area contributed by atoms with Crippen LogP contribution in [0.3, 0.4) is 0 Å². The van der Waals surface area contributed by atoms with Crippen molar-refractivity contribution in [3.05, 3.63) is 210 Å². The summed E-state index contributed by atoms with van der Waals surface area (Å²) >= 11 is 0.967. The second-order valence-electron chi connectivity index (χ2n) is 34.2. The number of halogens is 7. The number of aromatic amines is 1. The summed E-state index contributed by atoms with van der Waals surface area (Å²) in [7, 11) is -6.44. The molecular formula is C90H99F7N26O8S4. The van der Waals surface area contributed by atoms with Gasteiger partial charge >= 0.3 is 12.4 Å². The average Bonchev–Trinajstić information content (AvgIpc) is 1.50. The number of rotatable bonds is 27. The number of sulfone groups is 1. The molecule has 0 amide bonds. The van der Waals surface area contributed by atoms with Crippen LogP contribution in [0.1, 0.15) is 130 Å². The topological polar surface area (TPSA) is 400 Å². The number of fused-ring (bicyclic) bond motifs is 4. The number of thiazole rings is 1. The van der Waals surface area contributed by atoms with Crippen LogP contribution in [-0.2, 0) is 64.3 Å². The van der Waals surface area contributed by atoms with Gasteiger partial charge in [-0.3, -0.25) is 55.9 Å². The van der Waals surface area contributed by atoms with Crippen LogP contribution in [0.5, 0.6) is 0 Å². The molecule has 34 nitrogen and oxygen atoms in total. The van der Waals surface area contributed by atoms with Gasteiger partial charge in [0.2, 0.25) is 32.0 Å². The molecule has 3 aromatic carbocycles. The van der Waals surface area contributed by atoms with Crippen LogP contribution in [0.2, 0.25) is 0 Å². The number of carbonyl (C=O) groups excluding carboxylic acids is 1. The summed E-state index contributed by atoms with van der Waals surface area (Å²) in [6.45, 7) is 22.8. The highest BCUT2D eigenvalue weighted by Gasteiger charge is 2.39. The highest BCUT2D eigenvalue weighted by Crippen LogP contribution is 2.42. The molecule has 0 bridgehead atoms. The molecule has 13 aromatic rings. The highest BCUT2D eigenvalue weighted by atomic mass is 32.2. The number of ketones is 1. The second-order valence-corrected chi connectivity index (χ2v) is 39.9. The van der Waals surface area contributed by atoms with Crippen LogP contribution in [-0.4, -0.2) is 213 Å². The van der Waals surface area contributed by atoms with Gasteiger partial charge in [-0.05, 0) is 155 Å². The van der Waals surface area contributed by atoms with Gasteiger partial charge in [-0.15, -0.1) is 16.4 Å². The number of aromatic nitrogens is 17. The van der Waals surface area contributed by atoms with Gasteiger partial charge in [-0.25, -0.2) is 37.7 Å². The van der Waals surface area contributed by atoms with Crippen molar-refractivity contribution in [2.24, 2.45) is 18.9 Å². The maximum Gasteiger partial charge on any atom is 0.418 e. The summed E-state index contributed by atoms with van der Waals surface area (Å²) in [5, 5.41) is 33.5. The van der Waals surface area contributed by atoms with E-state index in [2.05, 4.69) is 134 Å². The zero-order valence-corrected chi connectivity index (χ0v) is 78.2. The van der Waals surface area contributed by atoms with Crippen molar-refractivity contribution in [1.29, 1.82) is 0 Å². The van der Waals surface area contributed by atoms with Crippen molar-refractivity contribution in [2.75, 3.05) is 108 Å². The van der Waals surface area contributed by atoms with Crippen molar-refractivity contribution in [2.45, 2.75) is 155 Å². The number of H-pyrrole nitrogens is 1. The minimum Gasteiger partial charge on any atom is -0.369 e. The van der Waals surface area contributed by atoms with E-state index in [0.29, 0.717) is 95.2 Å². The predicted octanol–water partition coefficient (Wildman–Crippen LogP) is 12.3. The lowest BCUT2D eigenvalue weighted by atomic mass is 9.94. The third-order valence-corrected chi connectivity index (χ3v) is 29.4. The van der Waals surface area contributed by atoms with Crippen LogP contribution in [0.4, 0.5) is 82.7 Å². The molecule has 5 fully saturated rings. The first-order chi connectivity index (χ1) is 64.5. The lowest BCUT2D eigenvalue weighted by Gasteiger charge is -2.38.